The van der Waals surface area contributed by atoms with E-state index in [1.54, 1.807) is 0 Å². The third-order valence-electron chi connectivity index (χ3n) is 4.42. The number of nitrogens with one attached hydrogen (secondary N) is 2. The molecule has 0 saturated carbocycles. The monoisotopic (exact) mass is 268 g/mol. The van der Waals surface area contributed by atoms with Crippen LogP contribution in [0.4, 0.5) is 0 Å². The summed E-state index contributed by atoms with van der Waals surface area (Å²) in [6, 6.07) is 0.00773. The van der Waals surface area contributed by atoms with E-state index in [0.717, 1.165) is 45.1 Å². The predicted molar refractivity (Wildman–Crippen MR) is 77.1 cm³/mol. The maximum Gasteiger partial charge on any atom is 0.237 e. The van der Waals surface area contributed by atoms with Crippen LogP contribution in [-0.4, -0.2) is 74.6 Å². The first-order valence-corrected chi connectivity index (χ1v) is 7.58. The standard InChI is InChI=1S/C14H28N4O/c1-12(18-9-6-15-7-10-18)14(19)16-5-3-13-4-8-17(2)11-13/h12-13,15H,3-11H2,1-2H3,(H,16,19). The topological polar surface area (TPSA) is 47.6 Å². The SMILES string of the molecule is CC(C(=O)NCCC1CCN(C)C1)N1CCNCC1. The van der Waals surface area contributed by atoms with E-state index in [9.17, 15) is 4.79 Å². The molecule has 2 aliphatic heterocycles. The minimum atomic E-state index is 0.00773. The van der Waals surface area contributed by atoms with E-state index in [-0.39, 0.29) is 11.9 Å². The Bertz CT molecular complexity index is 291. The van der Waals surface area contributed by atoms with Gasteiger partial charge < -0.3 is 15.5 Å². The normalized spacial score (nSPS) is 27.4. The Balaban J connectivity index is 1.63. The van der Waals surface area contributed by atoms with Crippen molar-refractivity contribution in [3.8, 4) is 0 Å². The zero-order chi connectivity index (χ0) is 13.7. The number of amides is 1. The zero-order valence-corrected chi connectivity index (χ0v) is 12.3. The van der Waals surface area contributed by atoms with Gasteiger partial charge in [0, 0.05) is 39.3 Å². The summed E-state index contributed by atoms with van der Waals surface area (Å²) in [7, 11) is 2.17. The number of likely N-dealkylation sites (tertiary alicyclic amines) is 1. The van der Waals surface area contributed by atoms with Crippen LogP contribution >= 0.6 is 0 Å². The van der Waals surface area contributed by atoms with Crippen LogP contribution in [0.25, 0.3) is 0 Å². The molecular formula is C14H28N4O. The smallest absolute Gasteiger partial charge is 0.237 e. The fourth-order valence-corrected chi connectivity index (χ4v) is 3.04. The van der Waals surface area contributed by atoms with Gasteiger partial charge in [0.15, 0.2) is 0 Å². The van der Waals surface area contributed by atoms with E-state index in [1.165, 1.54) is 19.5 Å². The quantitative estimate of drug-likeness (QED) is 0.721. The highest BCUT2D eigenvalue weighted by Gasteiger charge is 2.23. The number of rotatable bonds is 5. The zero-order valence-electron chi connectivity index (χ0n) is 12.3. The van der Waals surface area contributed by atoms with E-state index in [2.05, 4.69) is 27.5 Å². The summed E-state index contributed by atoms with van der Waals surface area (Å²) in [4.78, 5) is 16.7. The Hall–Kier alpha value is -0.650. The molecular weight excluding hydrogens is 240 g/mol. The van der Waals surface area contributed by atoms with Crippen molar-refractivity contribution in [2.24, 2.45) is 5.92 Å². The molecule has 0 aromatic rings. The van der Waals surface area contributed by atoms with Crippen LogP contribution in [-0.2, 0) is 4.79 Å². The van der Waals surface area contributed by atoms with Crippen LogP contribution in [0.5, 0.6) is 0 Å². The molecule has 2 fully saturated rings. The van der Waals surface area contributed by atoms with E-state index >= 15 is 0 Å². The fraction of sp³-hybridized carbons (Fsp3) is 0.929. The maximum absolute atomic E-state index is 12.1. The van der Waals surface area contributed by atoms with Crippen LogP contribution in [0.1, 0.15) is 19.8 Å². The van der Waals surface area contributed by atoms with Gasteiger partial charge in [-0.1, -0.05) is 0 Å². The third kappa shape index (κ3) is 4.44. The van der Waals surface area contributed by atoms with Gasteiger partial charge in [0.25, 0.3) is 0 Å². The van der Waals surface area contributed by atoms with E-state index in [1.807, 2.05) is 6.92 Å². The Labute approximate surface area is 116 Å². The van der Waals surface area contributed by atoms with Crippen molar-refractivity contribution in [1.82, 2.24) is 20.4 Å². The van der Waals surface area contributed by atoms with Gasteiger partial charge in [-0.15, -0.1) is 0 Å². The van der Waals surface area contributed by atoms with Gasteiger partial charge in [0.05, 0.1) is 6.04 Å². The molecule has 1 amide bonds. The molecule has 0 spiro atoms. The van der Waals surface area contributed by atoms with Gasteiger partial charge in [-0.05, 0) is 39.3 Å². The van der Waals surface area contributed by atoms with Gasteiger partial charge in [-0.2, -0.15) is 0 Å². The first kappa shape index (κ1) is 14.8. The molecule has 0 aliphatic carbocycles. The van der Waals surface area contributed by atoms with Crippen molar-refractivity contribution in [1.29, 1.82) is 0 Å². The van der Waals surface area contributed by atoms with Crippen molar-refractivity contribution in [2.75, 3.05) is 52.9 Å². The molecule has 2 N–H and O–H groups in total. The molecule has 5 nitrogen and oxygen atoms in total. The number of carbonyl (C=O) groups is 1. The average molecular weight is 268 g/mol. The first-order valence-electron chi connectivity index (χ1n) is 7.58. The van der Waals surface area contributed by atoms with E-state index in [0.29, 0.717) is 0 Å². The Morgan fingerprint density at radius 2 is 2.11 bits per heavy atom. The fourth-order valence-electron chi connectivity index (χ4n) is 3.04. The molecule has 0 aromatic carbocycles. The average Bonchev–Trinajstić information content (AvgIpc) is 2.84. The van der Waals surface area contributed by atoms with E-state index < -0.39 is 0 Å². The lowest BCUT2D eigenvalue weighted by molar-refractivity contribution is -0.126. The number of carbonyl (C=O) groups excluding carboxylic acids is 1. The Morgan fingerprint density at radius 3 is 2.74 bits per heavy atom. The van der Waals surface area contributed by atoms with Gasteiger partial charge in [0.2, 0.25) is 5.91 Å². The highest BCUT2D eigenvalue weighted by atomic mass is 16.2. The predicted octanol–water partition coefficient (Wildman–Crippen LogP) is -0.262. The van der Waals surface area contributed by atoms with Crippen molar-refractivity contribution >= 4 is 5.91 Å². The molecule has 0 bridgehead atoms. The lowest BCUT2D eigenvalue weighted by atomic mass is 10.1. The molecule has 2 heterocycles. The molecule has 2 rings (SSSR count). The summed E-state index contributed by atoms with van der Waals surface area (Å²) in [5, 5.41) is 6.42. The van der Waals surface area contributed by atoms with Crippen LogP contribution < -0.4 is 10.6 Å². The van der Waals surface area contributed by atoms with Crippen LogP contribution in [0.2, 0.25) is 0 Å². The van der Waals surface area contributed by atoms with E-state index in [4.69, 9.17) is 0 Å². The second-order valence-corrected chi connectivity index (χ2v) is 5.96. The summed E-state index contributed by atoms with van der Waals surface area (Å²) in [5.74, 6) is 0.952. The van der Waals surface area contributed by atoms with Crippen molar-refractivity contribution in [3.63, 3.8) is 0 Å². The van der Waals surface area contributed by atoms with Gasteiger partial charge in [-0.25, -0.2) is 0 Å². The summed E-state index contributed by atoms with van der Waals surface area (Å²) in [6.07, 6.45) is 2.39. The lowest BCUT2D eigenvalue weighted by Crippen LogP contribution is -2.52. The van der Waals surface area contributed by atoms with Gasteiger partial charge in [-0.3, -0.25) is 9.69 Å². The minimum absolute atomic E-state index is 0.00773. The number of piperazine rings is 1. The Morgan fingerprint density at radius 1 is 1.37 bits per heavy atom. The second-order valence-electron chi connectivity index (χ2n) is 5.96. The molecule has 0 radical (unpaired) electrons. The summed E-state index contributed by atoms with van der Waals surface area (Å²) < 4.78 is 0. The molecule has 110 valence electrons. The van der Waals surface area contributed by atoms with Gasteiger partial charge in [0.1, 0.15) is 0 Å². The van der Waals surface area contributed by atoms with Crippen molar-refractivity contribution in [3.05, 3.63) is 0 Å². The molecule has 2 unspecified atom stereocenters. The van der Waals surface area contributed by atoms with Crippen LogP contribution in [0.15, 0.2) is 0 Å². The molecule has 0 aromatic heterocycles. The van der Waals surface area contributed by atoms with Crippen molar-refractivity contribution in [2.45, 2.75) is 25.8 Å². The largest absolute Gasteiger partial charge is 0.355 e. The number of hydrogen-bond donors (Lipinski definition) is 2. The summed E-state index contributed by atoms with van der Waals surface area (Å²) in [5.41, 5.74) is 0. The van der Waals surface area contributed by atoms with Crippen molar-refractivity contribution < 1.29 is 4.79 Å². The molecule has 19 heavy (non-hydrogen) atoms. The third-order valence-corrected chi connectivity index (χ3v) is 4.42. The second kappa shape index (κ2) is 7.22. The number of nitrogens with zero attached hydrogens (tertiary/aromatic N) is 2. The number of hydrogen-bond acceptors (Lipinski definition) is 4. The van der Waals surface area contributed by atoms with Gasteiger partial charge >= 0.3 is 0 Å². The molecule has 2 saturated heterocycles. The maximum atomic E-state index is 12.1. The molecule has 5 heteroatoms. The highest BCUT2D eigenvalue weighted by molar-refractivity contribution is 5.81. The molecule has 2 aliphatic rings. The summed E-state index contributed by atoms with van der Waals surface area (Å²) >= 11 is 0. The van der Waals surface area contributed by atoms with Crippen LogP contribution in [0, 0.1) is 5.92 Å². The minimum Gasteiger partial charge on any atom is -0.355 e. The molecule has 2 atom stereocenters. The summed E-state index contributed by atoms with van der Waals surface area (Å²) in [6.45, 7) is 9.17. The highest BCUT2D eigenvalue weighted by Crippen LogP contribution is 2.17. The van der Waals surface area contributed by atoms with Crippen LogP contribution in [0.3, 0.4) is 0 Å². The lowest BCUT2D eigenvalue weighted by Gasteiger charge is -2.31. The Kier molecular flexibility index (Phi) is 5.60. The first-order chi connectivity index (χ1) is 9.16.